The van der Waals surface area contributed by atoms with Gasteiger partial charge in [-0.3, -0.25) is 9.71 Å². The van der Waals surface area contributed by atoms with Crippen molar-refractivity contribution in [1.29, 1.82) is 0 Å². The molecular weight excluding hydrogens is 344 g/mol. The van der Waals surface area contributed by atoms with Crippen LogP contribution in [0, 0.1) is 0 Å². The van der Waals surface area contributed by atoms with Gasteiger partial charge in [-0.2, -0.15) is 0 Å². The number of hydrogen-bond donors (Lipinski definition) is 1. The van der Waals surface area contributed by atoms with Gasteiger partial charge in [-0.1, -0.05) is 35.4 Å². The molecule has 24 heavy (non-hydrogen) atoms. The van der Waals surface area contributed by atoms with E-state index in [-0.39, 0.29) is 4.91 Å². The zero-order valence-corrected chi connectivity index (χ0v) is 15.3. The Morgan fingerprint density at radius 1 is 1.21 bits per heavy atom. The first kappa shape index (κ1) is 17.2. The Labute approximate surface area is 148 Å². The number of nitrogens with zero attached hydrogens (tertiary/aromatic N) is 1. The first-order chi connectivity index (χ1) is 11.5. The Hall–Kier alpha value is -1.59. The van der Waals surface area contributed by atoms with E-state index < -0.39 is 10.0 Å². The fraction of sp³-hybridized carbons (Fsp3) is 0.389. The van der Waals surface area contributed by atoms with Crippen molar-refractivity contribution in [2.45, 2.75) is 39.0 Å². The van der Waals surface area contributed by atoms with Crippen LogP contribution in [0.4, 0.5) is 0 Å². The molecule has 128 valence electrons. The third-order valence-electron chi connectivity index (χ3n) is 4.39. The zero-order valence-electron chi connectivity index (χ0n) is 13.7. The summed E-state index contributed by atoms with van der Waals surface area (Å²) in [6.07, 6.45) is 8.00. The monoisotopic (exact) mass is 364 g/mol. The molecule has 1 N–H and O–H groups in total. The van der Waals surface area contributed by atoms with Crippen LogP contribution >= 0.6 is 11.6 Å². The Morgan fingerprint density at radius 3 is 2.62 bits per heavy atom. The van der Waals surface area contributed by atoms with Crippen LogP contribution in [0.5, 0.6) is 0 Å². The van der Waals surface area contributed by atoms with Crippen LogP contribution in [-0.4, -0.2) is 20.8 Å². The Bertz CT molecular complexity index is 821. The molecule has 0 aromatic heterocycles. The first-order valence-electron chi connectivity index (χ1n) is 8.20. The Kier molecular flexibility index (Phi) is 5.11. The van der Waals surface area contributed by atoms with E-state index in [1.807, 2.05) is 0 Å². The number of allylic oxidation sites excluding steroid dienone is 1. The molecular formula is C18H21ClN2O2S. The summed E-state index contributed by atoms with van der Waals surface area (Å²) in [5, 5.41) is 0.579. The van der Waals surface area contributed by atoms with Crippen molar-refractivity contribution in [1.82, 2.24) is 4.72 Å². The van der Waals surface area contributed by atoms with Gasteiger partial charge < -0.3 is 0 Å². The average Bonchev–Trinajstić information content (AvgIpc) is 2.79. The fourth-order valence-electron chi connectivity index (χ4n) is 3.13. The molecule has 3 rings (SSSR count). The molecule has 1 aliphatic heterocycles. The van der Waals surface area contributed by atoms with Crippen LogP contribution in [-0.2, 0) is 10.0 Å². The molecule has 4 nitrogen and oxygen atoms in total. The molecule has 0 saturated heterocycles. The van der Waals surface area contributed by atoms with E-state index in [2.05, 4.69) is 15.8 Å². The lowest BCUT2D eigenvalue weighted by Crippen LogP contribution is -2.23. The SMILES string of the molecule is CC1=C(c2ccc(Cl)cc2)S(=O)(=O)NC1=NCCC1=CCCCC1. The normalized spacial score (nSPS) is 21.8. The summed E-state index contributed by atoms with van der Waals surface area (Å²) < 4.78 is 27.5. The third kappa shape index (κ3) is 3.73. The van der Waals surface area contributed by atoms with Crippen molar-refractivity contribution in [3.05, 3.63) is 52.1 Å². The number of aliphatic imine (C=N–C) groups is 1. The average molecular weight is 365 g/mol. The van der Waals surface area contributed by atoms with Crippen molar-refractivity contribution in [3.63, 3.8) is 0 Å². The van der Waals surface area contributed by atoms with E-state index in [0.29, 0.717) is 28.5 Å². The largest absolute Gasteiger partial charge is 0.267 e. The molecule has 6 heteroatoms. The summed E-state index contributed by atoms with van der Waals surface area (Å²) >= 11 is 5.89. The molecule has 0 saturated carbocycles. The predicted molar refractivity (Wildman–Crippen MR) is 99.6 cm³/mol. The zero-order chi connectivity index (χ0) is 17.2. The number of sulfonamides is 1. The highest BCUT2D eigenvalue weighted by atomic mass is 35.5. The molecule has 0 fully saturated rings. The van der Waals surface area contributed by atoms with Gasteiger partial charge >= 0.3 is 0 Å². The third-order valence-corrected chi connectivity index (χ3v) is 6.18. The standard InChI is InChI=1S/C18H21ClN2O2S/c1-13-17(15-7-9-16(19)10-8-15)24(22,23)21-18(13)20-12-11-14-5-3-2-4-6-14/h5,7-10H,2-4,6,11-12H2,1H3,(H,20,21). The van der Waals surface area contributed by atoms with Crippen molar-refractivity contribution in [2.24, 2.45) is 4.99 Å². The van der Waals surface area contributed by atoms with Crippen LogP contribution in [0.15, 0.2) is 46.5 Å². The second-order valence-electron chi connectivity index (χ2n) is 6.15. The molecule has 0 atom stereocenters. The van der Waals surface area contributed by atoms with E-state index in [1.54, 1.807) is 31.2 Å². The molecule has 0 amide bonds. The van der Waals surface area contributed by atoms with Crippen LogP contribution < -0.4 is 4.72 Å². The number of amidine groups is 1. The molecule has 0 spiro atoms. The first-order valence-corrected chi connectivity index (χ1v) is 10.1. The van der Waals surface area contributed by atoms with Crippen LogP contribution in [0.2, 0.25) is 5.02 Å². The van der Waals surface area contributed by atoms with E-state index in [4.69, 9.17) is 11.6 Å². The Balaban J connectivity index is 1.81. The highest BCUT2D eigenvalue weighted by Gasteiger charge is 2.32. The Morgan fingerprint density at radius 2 is 1.96 bits per heavy atom. The van der Waals surface area contributed by atoms with Gasteiger partial charge in [0.1, 0.15) is 10.7 Å². The number of benzene rings is 1. The second kappa shape index (κ2) is 7.11. The number of hydrogen-bond acceptors (Lipinski definition) is 3. The van der Waals surface area contributed by atoms with Crippen molar-refractivity contribution >= 4 is 32.4 Å². The highest BCUT2D eigenvalue weighted by molar-refractivity contribution is 8.00. The van der Waals surface area contributed by atoms with Crippen LogP contribution in [0.1, 0.15) is 44.6 Å². The molecule has 1 heterocycles. The van der Waals surface area contributed by atoms with Gasteiger partial charge in [0.15, 0.2) is 0 Å². The topological polar surface area (TPSA) is 58.5 Å². The summed E-state index contributed by atoms with van der Waals surface area (Å²) in [6, 6.07) is 6.82. The van der Waals surface area contributed by atoms with Gasteiger partial charge in [0.2, 0.25) is 0 Å². The van der Waals surface area contributed by atoms with Crippen molar-refractivity contribution in [3.8, 4) is 0 Å². The summed E-state index contributed by atoms with van der Waals surface area (Å²) in [5.74, 6) is 0.455. The smallest absolute Gasteiger partial charge is 0.264 e. The number of halogens is 1. The van der Waals surface area contributed by atoms with E-state index in [0.717, 1.165) is 19.3 Å². The lowest BCUT2D eigenvalue weighted by Gasteiger charge is -2.11. The second-order valence-corrected chi connectivity index (χ2v) is 8.21. The summed E-state index contributed by atoms with van der Waals surface area (Å²) in [5.41, 5.74) is 2.73. The molecule has 2 aliphatic rings. The van der Waals surface area contributed by atoms with Crippen molar-refractivity contribution in [2.75, 3.05) is 6.54 Å². The van der Waals surface area contributed by atoms with E-state index in [1.165, 1.54) is 18.4 Å². The fourth-order valence-corrected chi connectivity index (χ4v) is 4.78. The minimum Gasteiger partial charge on any atom is -0.267 e. The molecule has 1 aromatic rings. The van der Waals surface area contributed by atoms with Gasteiger partial charge in [0, 0.05) is 17.1 Å². The number of rotatable bonds is 4. The summed E-state index contributed by atoms with van der Waals surface area (Å²) in [7, 11) is -3.57. The minimum absolute atomic E-state index is 0.287. The van der Waals surface area contributed by atoms with Gasteiger partial charge in [0.05, 0.1) is 0 Å². The molecule has 1 aromatic carbocycles. The lowest BCUT2D eigenvalue weighted by atomic mass is 9.97. The lowest BCUT2D eigenvalue weighted by molar-refractivity contribution is 0.603. The number of nitrogens with one attached hydrogen (secondary N) is 1. The maximum Gasteiger partial charge on any atom is 0.264 e. The van der Waals surface area contributed by atoms with Gasteiger partial charge in [0.25, 0.3) is 10.0 Å². The van der Waals surface area contributed by atoms with Crippen LogP contribution in [0.3, 0.4) is 0 Å². The van der Waals surface area contributed by atoms with Crippen molar-refractivity contribution < 1.29 is 8.42 Å². The molecule has 1 aliphatic carbocycles. The van der Waals surface area contributed by atoms with E-state index in [9.17, 15) is 8.42 Å². The molecule has 0 unspecified atom stereocenters. The quantitative estimate of drug-likeness (QED) is 0.810. The maximum atomic E-state index is 12.4. The van der Waals surface area contributed by atoms with Gasteiger partial charge in [-0.05, 0) is 56.7 Å². The van der Waals surface area contributed by atoms with Gasteiger partial charge in [-0.25, -0.2) is 8.42 Å². The molecule has 0 bridgehead atoms. The van der Waals surface area contributed by atoms with Crippen LogP contribution in [0.25, 0.3) is 4.91 Å². The maximum absolute atomic E-state index is 12.4. The summed E-state index contributed by atoms with van der Waals surface area (Å²) in [6.45, 7) is 2.40. The minimum atomic E-state index is -3.57. The summed E-state index contributed by atoms with van der Waals surface area (Å²) in [4.78, 5) is 4.78. The predicted octanol–water partition coefficient (Wildman–Crippen LogP) is 4.29. The van der Waals surface area contributed by atoms with E-state index >= 15 is 0 Å². The van der Waals surface area contributed by atoms with Gasteiger partial charge in [-0.15, -0.1) is 0 Å². The molecule has 0 radical (unpaired) electrons. The highest BCUT2D eigenvalue weighted by Crippen LogP contribution is 2.30.